The molecule has 2 aromatic rings. The van der Waals surface area contributed by atoms with Gasteiger partial charge in [-0.3, -0.25) is 0 Å². The van der Waals surface area contributed by atoms with E-state index in [1.807, 2.05) is 12.1 Å². The van der Waals surface area contributed by atoms with Gasteiger partial charge in [-0.1, -0.05) is 12.1 Å². The van der Waals surface area contributed by atoms with E-state index in [9.17, 15) is 0 Å². The van der Waals surface area contributed by atoms with Crippen molar-refractivity contribution >= 4 is 21.4 Å². The van der Waals surface area contributed by atoms with Crippen LogP contribution in [0.5, 0.6) is 5.75 Å². The van der Waals surface area contributed by atoms with Crippen molar-refractivity contribution in [1.82, 2.24) is 0 Å². The summed E-state index contributed by atoms with van der Waals surface area (Å²) in [5.74, 6) is 0.987. The number of thiophene rings is 1. The van der Waals surface area contributed by atoms with Crippen LogP contribution in [0.1, 0.15) is 0 Å². The molecule has 3 rings (SSSR count). The third kappa shape index (κ3) is 1.49. The van der Waals surface area contributed by atoms with E-state index in [1.165, 1.54) is 10.1 Å². The summed E-state index contributed by atoms with van der Waals surface area (Å²) in [5.41, 5.74) is 0. The number of rotatable bonds is 3. The first-order valence-corrected chi connectivity index (χ1v) is 5.52. The Morgan fingerprint density at radius 3 is 3.14 bits per heavy atom. The zero-order chi connectivity index (χ0) is 9.38. The second-order valence-electron chi connectivity index (χ2n) is 3.36. The fourth-order valence-electron chi connectivity index (χ4n) is 1.41. The Morgan fingerprint density at radius 2 is 2.29 bits per heavy atom. The van der Waals surface area contributed by atoms with Crippen molar-refractivity contribution in [2.45, 2.75) is 6.10 Å². The molecule has 3 heteroatoms. The van der Waals surface area contributed by atoms with Crippen LogP contribution in [0, 0.1) is 0 Å². The molecule has 2 nitrogen and oxygen atoms in total. The van der Waals surface area contributed by atoms with Crippen LogP contribution >= 0.6 is 11.3 Å². The molecule has 1 aromatic carbocycles. The molecule has 0 amide bonds. The van der Waals surface area contributed by atoms with Gasteiger partial charge < -0.3 is 9.47 Å². The normalized spacial score (nSPS) is 19.9. The molecule has 2 heterocycles. The summed E-state index contributed by atoms with van der Waals surface area (Å²) >= 11 is 1.72. The zero-order valence-electron chi connectivity index (χ0n) is 7.60. The van der Waals surface area contributed by atoms with E-state index < -0.39 is 0 Å². The Labute approximate surface area is 86.1 Å². The minimum atomic E-state index is 0.327. The van der Waals surface area contributed by atoms with Crippen molar-refractivity contribution in [3.8, 4) is 5.75 Å². The van der Waals surface area contributed by atoms with Crippen molar-refractivity contribution in [3.63, 3.8) is 0 Å². The van der Waals surface area contributed by atoms with Crippen LogP contribution in [0.3, 0.4) is 0 Å². The van der Waals surface area contributed by atoms with Crippen LogP contribution < -0.4 is 4.74 Å². The van der Waals surface area contributed by atoms with Crippen molar-refractivity contribution in [3.05, 3.63) is 29.6 Å². The number of fused-ring (bicyclic) bond motifs is 1. The second kappa shape index (κ2) is 3.26. The summed E-state index contributed by atoms with van der Waals surface area (Å²) in [6.07, 6.45) is 0.327. The predicted octanol–water partition coefficient (Wildman–Crippen LogP) is 2.68. The van der Waals surface area contributed by atoms with Crippen LogP contribution in [-0.4, -0.2) is 19.3 Å². The van der Waals surface area contributed by atoms with E-state index in [0.717, 1.165) is 12.4 Å². The standard InChI is InChI=1S/C11H10O2S/c1-2-4-11-9(3-1)10(7-14-11)13-6-8-5-12-8/h1-4,7-8H,5-6H2. The highest BCUT2D eigenvalue weighted by atomic mass is 32.1. The molecule has 0 N–H and O–H groups in total. The number of ether oxygens (including phenoxy) is 2. The first-order valence-electron chi connectivity index (χ1n) is 4.64. The molecule has 1 atom stereocenters. The molecule has 14 heavy (non-hydrogen) atoms. The summed E-state index contributed by atoms with van der Waals surface area (Å²) < 4.78 is 12.0. The summed E-state index contributed by atoms with van der Waals surface area (Å²) in [5, 5.41) is 3.27. The lowest BCUT2D eigenvalue weighted by atomic mass is 10.2. The maximum absolute atomic E-state index is 5.67. The average Bonchev–Trinajstić information content (AvgIpc) is 2.96. The van der Waals surface area contributed by atoms with Crippen molar-refractivity contribution in [2.24, 2.45) is 0 Å². The van der Waals surface area contributed by atoms with Crippen LogP contribution in [-0.2, 0) is 4.74 Å². The average molecular weight is 206 g/mol. The minimum absolute atomic E-state index is 0.327. The molecule has 1 unspecified atom stereocenters. The fraction of sp³-hybridized carbons (Fsp3) is 0.273. The molecule has 0 radical (unpaired) electrons. The van der Waals surface area contributed by atoms with Gasteiger partial charge in [0.2, 0.25) is 0 Å². The van der Waals surface area contributed by atoms with E-state index >= 15 is 0 Å². The SMILES string of the molecule is c1ccc2c(OCC3CO3)csc2c1. The summed E-state index contributed by atoms with van der Waals surface area (Å²) in [6, 6.07) is 8.29. The van der Waals surface area contributed by atoms with Gasteiger partial charge in [-0.25, -0.2) is 0 Å². The summed E-state index contributed by atoms with van der Waals surface area (Å²) in [4.78, 5) is 0. The molecule has 0 spiro atoms. The van der Waals surface area contributed by atoms with E-state index in [0.29, 0.717) is 12.7 Å². The van der Waals surface area contributed by atoms with Crippen LogP contribution in [0.15, 0.2) is 29.6 Å². The van der Waals surface area contributed by atoms with Gasteiger partial charge in [0.25, 0.3) is 0 Å². The molecule has 1 fully saturated rings. The Kier molecular flexibility index (Phi) is 1.92. The maximum atomic E-state index is 5.67. The largest absolute Gasteiger partial charge is 0.489 e. The lowest BCUT2D eigenvalue weighted by molar-refractivity contribution is 0.266. The predicted molar refractivity (Wildman–Crippen MR) is 57.1 cm³/mol. The van der Waals surface area contributed by atoms with Crippen molar-refractivity contribution in [1.29, 1.82) is 0 Å². The van der Waals surface area contributed by atoms with Gasteiger partial charge in [0, 0.05) is 15.5 Å². The highest BCUT2D eigenvalue weighted by Gasteiger charge is 2.23. The highest BCUT2D eigenvalue weighted by Crippen LogP contribution is 2.32. The third-order valence-corrected chi connectivity index (χ3v) is 3.21. The lowest BCUT2D eigenvalue weighted by Crippen LogP contribution is -2.03. The number of hydrogen-bond acceptors (Lipinski definition) is 3. The molecule has 0 saturated carbocycles. The smallest absolute Gasteiger partial charge is 0.137 e. The first kappa shape index (κ1) is 8.26. The molecule has 0 aliphatic carbocycles. The quantitative estimate of drug-likeness (QED) is 0.720. The van der Waals surface area contributed by atoms with E-state index in [4.69, 9.17) is 9.47 Å². The molecule has 1 aliphatic heterocycles. The summed E-state index contributed by atoms with van der Waals surface area (Å²) in [6.45, 7) is 1.53. The molecule has 1 saturated heterocycles. The molecule has 72 valence electrons. The maximum Gasteiger partial charge on any atom is 0.137 e. The first-order chi connectivity index (χ1) is 6.93. The third-order valence-electron chi connectivity index (χ3n) is 2.27. The Balaban J connectivity index is 1.87. The Hall–Kier alpha value is -1.06. The molecule has 1 aliphatic rings. The number of epoxide rings is 1. The van der Waals surface area contributed by atoms with E-state index in [1.54, 1.807) is 11.3 Å². The van der Waals surface area contributed by atoms with Gasteiger partial charge in [-0.05, 0) is 12.1 Å². The lowest BCUT2D eigenvalue weighted by Gasteiger charge is -2.01. The van der Waals surface area contributed by atoms with Gasteiger partial charge in [0.05, 0.1) is 6.61 Å². The zero-order valence-corrected chi connectivity index (χ0v) is 8.42. The second-order valence-corrected chi connectivity index (χ2v) is 4.27. The molecule has 1 aromatic heterocycles. The minimum Gasteiger partial charge on any atom is -0.489 e. The summed E-state index contributed by atoms with van der Waals surface area (Å²) in [7, 11) is 0. The van der Waals surface area contributed by atoms with Crippen LogP contribution in [0.2, 0.25) is 0 Å². The molecular formula is C11H10O2S. The molecular weight excluding hydrogens is 196 g/mol. The van der Waals surface area contributed by atoms with Crippen LogP contribution in [0.4, 0.5) is 0 Å². The number of benzene rings is 1. The monoisotopic (exact) mass is 206 g/mol. The van der Waals surface area contributed by atoms with Crippen molar-refractivity contribution in [2.75, 3.05) is 13.2 Å². The van der Waals surface area contributed by atoms with Gasteiger partial charge in [0.15, 0.2) is 0 Å². The topological polar surface area (TPSA) is 21.8 Å². The molecule has 0 bridgehead atoms. The fourth-order valence-corrected chi connectivity index (χ4v) is 2.29. The van der Waals surface area contributed by atoms with Gasteiger partial charge in [-0.2, -0.15) is 0 Å². The van der Waals surface area contributed by atoms with Crippen molar-refractivity contribution < 1.29 is 9.47 Å². The Bertz CT molecular complexity index is 445. The van der Waals surface area contributed by atoms with Gasteiger partial charge in [-0.15, -0.1) is 11.3 Å². The number of hydrogen-bond donors (Lipinski definition) is 0. The van der Waals surface area contributed by atoms with E-state index in [2.05, 4.69) is 17.5 Å². The van der Waals surface area contributed by atoms with Gasteiger partial charge >= 0.3 is 0 Å². The van der Waals surface area contributed by atoms with Crippen LogP contribution in [0.25, 0.3) is 10.1 Å². The Morgan fingerprint density at radius 1 is 1.43 bits per heavy atom. The highest BCUT2D eigenvalue weighted by molar-refractivity contribution is 7.17. The van der Waals surface area contributed by atoms with Gasteiger partial charge in [0.1, 0.15) is 18.5 Å². The van der Waals surface area contributed by atoms with E-state index in [-0.39, 0.29) is 0 Å².